The predicted octanol–water partition coefficient (Wildman–Crippen LogP) is 13.9. The summed E-state index contributed by atoms with van der Waals surface area (Å²) in [7, 11) is -2.50. The first kappa shape index (κ1) is 62.0. The number of ketones is 2. The van der Waals surface area contributed by atoms with Crippen molar-refractivity contribution in [1.29, 1.82) is 0 Å². The van der Waals surface area contributed by atoms with Crippen LogP contribution in [0.2, 0.25) is 0 Å². The van der Waals surface area contributed by atoms with Crippen molar-refractivity contribution in [1.82, 2.24) is 0 Å². The second-order valence-corrected chi connectivity index (χ2v) is 29.4. The van der Waals surface area contributed by atoms with Crippen LogP contribution in [0.1, 0.15) is 79.2 Å². The van der Waals surface area contributed by atoms with Crippen molar-refractivity contribution in [2.45, 2.75) is 39.0 Å². The van der Waals surface area contributed by atoms with E-state index in [4.69, 9.17) is 23.0 Å². The van der Waals surface area contributed by atoms with Crippen LogP contribution in [0.4, 0.5) is 26.3 Å². The van der Waals surface area contributed by atoms with Gasteiger partial charge < -0.3 is 0 Å². The standard InChI is InChI=1S/C68H59BF6O9P2/c1-3-43-80-65(78)52-39-35-50(36-40-52)63(76)48-85(57-23-11-5-12-24-57,58-25-13-6-14-26-58,59-27-15-7-16-28-59)83-69(82-56-46-54(67(70,71)72)45-55(47-56)68(73,74)75)84-86(60-29-17-8-18-30-60,61-31-19-9-20-32-61,62-33-21-10-22-34-62)49-64(77)51-37-41-53(42-38-51)66(79)81-44-4-2/h5-42,45-47H,3-4,43-44,48-49H2,1-2H3. The van der Waals surface area contributed by atoms with Gasteiger partial charge in [-0.05, 0) is 0 Å². The summed E-state index contributed by atoms with van der Waals surface area (Å²) in [6.07, 6.45) is -10.8. The van der Waals surface area contributed by atoms with Gasteiger partial charge in [-0.15, -0.1) is 0 Å². The Balaban J connectivity index is 1.42. The summed E-state index contributed by atoms with van der Waals surface area (Å²) in [6.45, 7) is -6.94. The molecule has 0 bridgehead atoms. The molecule has 9 aromatic carbocycles. The average molecular weight is 1210 g/mol. The Morgan fingerprint density at radius 3 is 0.872 bits per heavy atom. The fourth-order valence-corrected chi connectivity index (χ4v) is 21.8. The van der Waals surface area contributed by atoms with Gasteiger partial charge in [0.2, 0.25) is 0 Å². The molecule has 9 aromatic rings. The van der Waals surface area contributed by atoms with E-state index in [0.29, 0.717) is 56.8 Å². The molecule has 0 amide bonds. The molecule has 0 aliphatic carbocycles. The molecule has 86 heavy (non-hydrogen) atoms. The number of halogens is 6. The van der Waals surface area contributed by atoms with Gasteiger partial charge in [0.05, 0.1) is 0 Å². The molecule has 0 atom stereocenters. The molecule has 0 saturated heterocycles. The third kappa shape index (κ3) is 12.4. The summed E-state index contributed by atoms with van der Waals surface area (Å²) in [6, 6.07) is 63.9. The van der Waals surface area contributed by atoms with E-state index in [1.165, 1.54) is 48.5 Å². The van der Waals surface area contributed by atoms with Crippen LogP contribution in [0, 0.1) is 0 Å². The summed E-state index contributed by atoms with van der Waals surface area (Å²) in [5.41, 5.74) is -2.92. The second kappa shape index (κ2) is 26.0. The maximum absolute atomic E-state index is 16.0. The fourth-order valence-electron chi connectivity index (χ4n) is 10.8. The number of esters is 2. The Labute approximate surface area is 495 Å². The van der Waals surface area contributed by atoms with Gasteiger partial charge in [0.15, 0.2) is 0 Å². The molecule has 0 aromatic heterocycles. The van der Waals surface area contributed by atoms with Crippen LogP contribution in [0.5, 0.6) is 5.75 Å². The minimum atomic E-state index is -5.47. The van der Waals surface area contributed by atoms with Gasteiger partial charge in [-0.1, -0.05) is 0 Å². The topological polar surface area (TPSA) is 114 Å². The van der Waals surface area contributed by atoms with Crippen LogP contribution in [0.25, 0.3) is 0 Å². The zero-order chi connectivity index (χ0) is 61.1. The number of Topliss-reactive ketones (excluding diaryl/α,β-unsaturated/α-hetero) is 2. The number of ether oxygens (including phenoxy) is 2. The number of alkyl halides is 6. The van der Waals surface area contributed by atoms with Gasteiger partial charge in [0, 0.05) is 0 Å². The van der Waals surface area contributed by atoms with E-state index in [2.05, 4.69) is 0 Å². The van der Waals surface area contributed by atoms with Crippen molar-refractivity contribution in [3.8, 4) is 5.75 Å². The first-order valence-electron chi connectivity index (χ1n) is 27.6. The van der Waals surface area contributed by atoms with Gasteiger partial charge in [-0.2, -0.15) is 0 Å². The number of hydrogen-bond donors (Lipinski definition) is 0. The molecule has 440 valence electrons. The summed E-state index contributed by atoms with van der Waals surface area (Å²) in [5, 5.41) is 2.05. The molecule has 9 rings (SSSR count). The Morgan fingerprint density at radius 1 is 0.372 bits per heavy atom. The van der Waals surface area contributed by atoms with Crippen molar-refractivity contribution < 1.29 is 68.5 Å². The Kier molecular flexibility index (Phi) is 18.7. The Morgan fingerprint density at radius 2 is 0.628 bits per heavy atom. The molecule has 0 fully saturated rings. The van der Waals surface area contributed by atoms with E-state index >= 15 is 35.9 Å². The molecular formula is C68H59BF6O9P2. The summed E-state index contributed by atoms with van der Waals surface area (Å²) < 4.78 is 124. The third-order valence-corrected chi connectivity index (χ3v) is 26.3. The Hall–Kier alpha value is -8.52. The first-order valence-corrected chi connectivity index (χ1v) is 32.3. The molecule has 0 radical (unpaired) electrons. The molecule has 0 N–H and O–H groups in total. The quantitative estimate of drug-likeness (QED) is 0.0192. The predicted molar refractivity (Wildman–Crippen MR) is 328 cm³/mol. The summed E-state index contributed by atoms with van der Waals surface area (Å²) in [4.78, 5) is 58.1. The van der Waals surface area contributed by atoms with Crippen LogP contribution < -0.4 is 36.5 Å². The molecule has 18 heteroatoms. The van der Waals surface area contributed by atoms with Crippen LogP contribution in [0.15, 0.2) is 249 Å². The van der Waals surface area contributed by atoms with E-state index in [1.54, 1.807) is 182 Å². The zero-order valence-corrected chi connectivity index (χ0v) is 48.6. The van der Waals surface area contributed by atoms with Gasteiger partial charge in [0.25, 0.3) is 0 Å². The average Bonchev–Trinajstić information content (AvgIpc) is 0.698. The number of rotatable bonds is 24. The molecule has 0 spiro atoms. The van der Waals surface area contributed by atoms with Gasteiger partial charge >= 0.3 is 497 Å². The monoisotopic (exact) mass is 1210 g/mol. The molecule has 9 nitrogen and oxygen atoms in total. The number of carbonyl (C=O) groups excluding carboxylic acids is 4. The molecular weight excluding hydrogens is 1150 g/mol. The van der Waals surface area contributed by atoms with Gasteiger partial charge in [-0.25, -0.2) is 0 Å². The van der Waals surface area contributed by atoms with Gasteiger partial charge in [-0.3, -0.25) is 0 Å². The second-order valence-electron chi connectivity index (χ2n) is 20.4. The molecule has 0 aliphatic rings. The third-order valence-electron chi connectivity index (χ3n) is 14.9. The molecule has 0 unspecified atom stereocenters. The maximum atomic E-state index is 16.0. The van der Waals surface area contributed by atoms with E-state index < -0.39 is 86.0 Å². The van der Waals surface area contributed by atoms with Crippen molar-refractivity contribution in [2.75, 3.05) is 25.5 Å². The number of hydrogen-bond acceptors (Lipinski definition) is 9. The minimum absolute atomic E-state index is 0.0275. The SMILES string of the molecule is CCCOC(=O)c1ccc(C(=O)CP(OB(Oc2cc(C(F)(F)F)cc(C(F)(F)F)c2)OP(CC(=O)c2ccc(C(=O)OCCC)cc2)(c2ccccc2)(c2ccccc2)c2ccccc2)(c2ccccc2)(c2ccccc2)c2ccccc2)cc1. The zero-order valence-electron chi connectivity index (χ0n) is 46.8. The number of carbonyl (C=O) groups is 4. The normalized spacial score (nSPS) is 12.8. The number of benzene rings is 9. The Bertz CT molecular complexity index is 3350. The van der Waals surface area contributed by atoms with Crippen LogP contribution in [0.3, 0.4) is 0 Å². The molecule has 0 aliphatic heterocycles. The van der Waals surface area contributed by atoms with Crippen molar-refractivity contribution in [3.63, 3.8) is 0 Å². The summed E-state index contributed by atoms with van der Waals surface area (Å²) >= 11 is 0. The van der Waals surface area contributed by atoms with E-state index in [1.807, 2.05) is 13.8 Å². The van der Waals surface area contributed by atoms with Crippen molar-refractivity contribution in [3.05, 3.63) is 282 Å². The molecule has 0 heterocycles. The van der Waals surface area contributed by atoms with Crippen LogP contribution in [-0.4, -0.2) is 56.4 Å². The summed E-state index contributed by atoms with van der Waals surface area (Å²) in [5.74, 6) is -3.39. The fraction of sp³-hybridized carbons (Fsp3) is 0.147. The van der Waals surface area contributed by atoms with Crippen molar-refractivity contribution >= 4 is 76.3 Å². The van der Waals surface area contributed by atoms with E-state index in [9.17, 15) is 9.59 Å². The molecule has 0 saturated carbocycles. The van der Waals surface area contributed by atoms with E-state index in [-0.39, 0.29) is 41.5 Å². The van der Waals surface area contributed by atoms with Gasteiger partial charge in [0.1, 0.15) is 0 Å². The van der Waals surface area contributed by atoms with E-state index in [0.717, 1.165) is 0 Å². The van der Waals surface area contributed by atoms with Crippen LogP contribution in [-0.2, 0) is 30.7 Å². The van der Waals surface area contributed by atoms with Crippen molar-refractivity contribution in [2.24, 2.45) is 0 Å². The van der Waals surface area contributed by atoms with Crippen LogP contribution >= 0.6 is 13.7 Å². The first-order chi connectivity index (χ1) is 41.3.